The fourth-order valence-corrected chi connectivity index (χ4v) is 2.30. The van der Waals surface area contributed by atoms with E-state index in [4.69, 9.17) is 10.7 Å². The minimum Gasteiger partial charge on any atom is -0.330 e. The van der Waals surface area contributed by atoms with Gasteiger partial charge in [-0.3, -0.25) is 4.99 Å². The second-order valence-electron chi connectivity index (χ2n) is 6.78. The van der Waals surface area contributed by atoms with Gasteiger partial charge in [-0.1, -0.05) is 59.6 Å². The number of hydrogen-bond acceptors (Lipinski definition) is 2. The van der Waals surface area contributed by atoms with Crippen molar-refractivity contribution in [1.29, 1.82) is 0 Å². The predicted molar refractivity (Wildman–Crippen MR) is 96.9 cm³/mol. The molecule has 0 radical (unpaired) electrons. The molecule has 0 aromatic rings. The zero-order valence-corrected chi connectivity index (χ0v) is 15.2. The molecule has 0 bridgehead atoms. The molecule has 2 nitrogen and oxygen atoms in total. The molecular formula is C19H38N2. The number of hydrogen-bond donors (Lipinski definition) is 1. The van der Waals surface area contributed by atoms with Crippen molar-refractivity contribution in [3.05, 3.63) is 12.2 Å². The van der Waals surface area contributed by atoms with Crippen LogP contribution in [0.25, 0.3) is 0 Å². The zero-order chi connectivity index (χ0) is 16.3. The van der Waals surface area contributed by atoms with Crippen LogP contribution >= 0.6 is 0 Å². The number of nitrogens with zero attached hydrogens (tertiary/aromatic N) is 1. The molecule has 5 unspecified atom stereocenters. The Labute approximate surface area is 133 Å². The molecule has 0 amide bonds. The van der Waals surface area contributed by atoms with E-state index in [0.29, 0.717) is 29.7 Å². The Morgan fingerprint density at radius 1 is 1.05 bits per heavy atom. The van der Waals surface area contributed by atoms with Crippen molar-refractivity contribution in [2.24, 2.45) is 34.4 Å². The zero-order valence-electron chi connectivity index (χ0n) is 15.2. The fraction of sp³-hybridized carbons (Fsp3) is 0.842. The highest BCUT2D eigenvalue weighted by atomic mass is 14.8. The lowest BCUT2D eigenvalue weighted by Crippen LogP contribution is -2.20. The van der Waals surface area contributed by atoms with Crippen molar-refractivity contribution in [1.82, 2.24) is 0 Å². The Kier molecular flexibility index (Phi) is 11.6. The molecule has 2 N–H and O–H groups in total. The molecule has 0 aliphatic carbocycles. The van der Waals surface area contributed by atoms with Crippen LogP contribution < -0.4 is 5.73 Å². The van der Waals surface area contributed by atoms with Crippen LogP contribution in [0.4, 0.5) is 0 Å². The lowest BCUT2D eigenvalue weighted by Gasteiger charge is -2.21. The largest absolute Gasteiger partial charge is 0.330 e. The maximum absolute atomic E-state index is 5.80. The fourth-order valence-electron chi connectivity index (χ4n) is 2.30. The molecule has 0 fully saturated rings. The van der Waals surface area contributed by atoms with Gasteiger partial charge in [0, 0.05) is 6.21 Å². The smallest absolute Gasteiger partial charge is 0.0502 e. The van der Waals surface area contributed by atoms with Crippen LogP contribution in [0.15, 0.2) is 17.1 Å². The first-order chi connectivity index (χ1) is 9.94. The molecule has 0 aliphatic heterocycles. The molecule has 21 heavy (non-hydrogen) atoms. The molecule has 0 rings (SSSR count). The van der Waals surface area contributed by atoms with Gasteiger partial charge in [-0.2, -0.15) is 0 Å². The van der Waals surface area contributed by atoms with Crippen LogP contribution in [-0.2, 0) is 0 Å². The molecule has 0 aromatic carbocycles. The van der Waals surface area contributed by atoms with Gasteiger partial charge in [0.1, 0.15) is 0 Å². The van der Waals surface area contributed by atoms with Crippen molar-refractivity contribution in [3.63, 3.8) is 0 Å². The topological polar surface area (TPSA) is 38.4 Å². The summed E-state index contributed by atoms with van der Waals surface area (Å²) in [6, 6.07) is 0.386. The molecule has 124 valence electrons. The summed E-state index contributed by atoms with van der Waals surface area (Å²) in [6.45, 7) is 14.3. The van der Waals surface area contributed by atoms with Crippen LogP contribution in [0.2, 0.25) is 0 Å². The maximum atomic E-state index is 5.80. The van der Waals surface area contributed by atoms with E-state index in [0.717, 1.165) is 13.0 Å². The standard InChI is InChI=1S/C19H38N2/c1-7-15(3)10-9-11-18(6)21-14-17(5)16(4)12-19(8-2)13-20/h9-10,14-19H,7-8,11-13,20H2,1-6H3/b10-9-,21-14-. The van der Waals surface area contributed by atoms with E-state index in [1.54, 1.807) is 0 Å². The monoisotopic (exact) mass is 294 g/mol. The minimum atomic E-state index is 0.386. The van der Waals surface area contributed by atoms with Crippen LogP contribution in [0, 0.1) is 23.7 Å². The molecule has 0 saturated carbocycles. The Morgan fingerprint density at radius 2 is 1.71 bits per heavy atom. The Morgan fingerprint density at radius 3 is 2.24 bits per heavy atom. The Hall–Kier alpha value is -0.630. The summed E-state index contributed by atoms with van der Waals surface area (Å²) < 4.78 is 0. The average Bonchev–Trinajstić information content (AvgIpc) is 2.49. The summed E-state index contributed by atoms with van der Waals surface area (Å²) in [5.74, 6) is 2.53. The summed E-state index contributed by atoms with van der Waals surface area (Å²) >= 11 is 0. The molecule has 0 saturated heterocycles. The molecule has 0 aromatic heterocycles. The minimum absolute atomic E-state index is 0.386. The van der Waals surface area contributed by atoms with E-state index < -0.39 is 0 Å². The van der Waals surface area contributed by atoms with Gasteiger partial charge in [-0.05, 0) is 50.0 Å². The Balaban J connectivity index is 4.17. The first-order valence-corrected chi connectivity index (χ1v) is 8.84. The van der Waals surface area contributed by atoms with Crippen molar-refractivity contribution in [2.45, 2.75) is 73.3 Å². The van der Waals surface area contributed by atoms with Crippen LogP contribution in [0.3, 0.4) is 0 Å². The van der Waals surface area contributed by atoms with Gasteiger partial charge in [0.2, 0.25) is 0 Å². The van der Waals surface area contributed by atoms with Crippen LogP contribution in [0.1, 0.15) is 67.2 Å². The molecule has 0 aliphatic rings. The van der Waals surface area contributed by atoms with Gasteiger partial charge >= 0.3 is 0 Å². The summed E-state index contributed by atoms with van der Waals surface area (Å²) in [6.07, 6.45) is 11.4. The maximum Gasteiger partial charge on any atom is 0.0502 e. The average molecular weight is 295 g/mol. The highest BCUT2D eigenvalue weighted by Crippen LogP contribution is 2.20. The molecular weight excluding hydrogens is 256 g/mol. The normalized spacial score (nSPS) is 19.8. The summed E-state index contributed by atoms with van der Waals surface area (Å²) in [5.41, 5.74) is 5.80. The second kappa shape index (κ2) is 12.0. The predicted octanol–water partition coefficient (Wildman–Crippen LogP) is 5.09. The van der Waals surface area contributed by atoms with E-state index in [2.05, 4.69) is 59.9 Å². The molecule has 2 heteroatoms. The molecule has 0 spiro atoms. The summed E-state index contributed by atoms with van der Waals surface area (Å²) in [4.78, 5) is 4.72. The number of allylic oxidation sites excluding steroid dienone is 1. The van der Waals surface area contributed by atoms with Crippen molar-refractivity contribution >= 4 is 6.21 Å². The summed E-state index contributed by atoms with van der Waals surface area (Å²) in [5, 5.41) is 0. The summed E-state index contributed by atoms with van der Waals surface area (Å²) in [7, 11) is 0. The van der Waals surface area contributed by atoms with Gasteiger partial charge in [0.15, 0.2) is 0 Å². The number of nitrogens with two attached hydrogens (primary N) is 1. The van der Waals surface area contributed by atoms with Gasteiger partial charge < -0.3 is 5.73 Å². The quantitative estimate of drug-likeness (QED) is 0.418. The third-order valence-corrected chi connectivity index (χ3v) is 4.67. The number of aliphatic imine (C=N–C) groups is 1. The van der Waals surface area contributed by atoms with Crippen LogP contribution in [-0.4, -0.2) is 18.8 Å². The first-order valence-electron chi connectivity index (χ1n) is 8.84. The van der Waals surface area contributed by atoms with E-state index in [1.807, 2.05) is 0 Å². The number of rotatable bonds is 11. The van der Waals surface area contributed by atoms with E-state index in [1.165, 1.54) is 19.3 Å². The highest BCUT2D eigenvalue weighted by molar-refractivity contribution is 5.60. The third kappa shape index (κ3) is 9.84. The van der Waals surface area contributed by atoms with E-state index >= 15 is 0 Å². The third-order valence-electron chi connectivity index (χ3n) is 4.67. The SMILES string of the molecule is CCC(C)/C=C\CC(C)/N=C\C(C)C(C)CC(CC)CN. The highest BCUT2D eigenvalue weighted by Gasteiger charge is 2.15. The lowest BCUT2D eigenvalue weighted by atomic mass is 9.86. The van der Waals surface area contributed by atoms with Gasteiger partial charge in [-0.15, -0.1) is 0 Å². The van der Waals surface area contributed by atoms with Crippen molar-refractivity contribution in [2.75, 3.05) is 6.54 Å². The molecule has 5 atom stereocenters. The van der Waals surface area contributed by atoms with E-state index in [-0.39, 0.29) is 0 Å². The Bertz CT molecular complexity index is 292. The lowest BCUT2D eigenvalue weighted by molar-refractivity contribution is 0.350. The first kappa shape index (κ1) is 20.4. The van der Waals surface area contributed by atoms with E-state index in [9.17, 15) is 0 Å². The van der Waals surface area contributed by atoms with Crippen LogP contribution in [0.5, 0.6) is 0 Å². The van der Waals surface area contributed by atoms with Crippen molar-refractivity contribution < 1.29 is 0 Å². The van der Waals surface area contributed by atoms with Crippen molar-refractivity contribution in [3.8, 4) is 0 Å². The molecule has 0 heterocycles. The van der Waals surface area contributed by atoms with Gasteiger partial charge in [-0.25, -0.2) is 0 Å². The van der Waals surface area contributed by atoms with Gasteiger partial charge in [0.25, 0.3) is 0 Å². The second-order valence-corrected chi connectivity index (χ2v) is 6.78. The van der Waals surface area contributed by atoms with Gasteiger partial charge in [0.05, 0.1) is 6.04 Å².